The van der Waals surface area contributed by atoms with Gasteiger partial charge in [0.05, 0.1) is 12.5 Å². The van der Waals surface area contributed by atoms with Crippen LogP contribution in [0.1, 0.15) is 40.5 Å². The quantitative estimate of drug-likeness (QED) is 0.790. The highest BCUT2D eigenvalue weighted by Crippen LogP contribution is 2.24. The van der Waals surface area contributed by atoms with Crippen molar-refractivity contribution in [2.24, 2.45) is 5.41 Å². The van der Waals surface area contributed by atoms with E-state index in [2.05, 4.69) is 26.1 Å². The van der Waals surface area contributed by atoms with Gasteiger partial charge in [-0.05, 0) is 18.8 Å². The minimum absolute atomic E-state index is 0.0354. The molecule has 1 rings (SSSR count). The van der Waals surface area contributed by atoms with Gasteiger partial charge in [0, 0.05) is 19.1 Å². The molecule has 2 unspecified atom stereocenters. The van der Waals surface area contributed by atoms with Gasteiger partial charge in [-0.3, -0.25) is 14.5 Å². The van der Waals surface area contributed by atoms with E-state index < -0.39 is 12.0 Å². The standard InChI is InChI=1S/C13H24N2O3/c1-5-9(2)15-8-13(3,4)7-14-12(18)10(15)6-11(16)17/h9-10H,5-8H2,1-4H3,(H,14,18)(H,16,17). The molecule has 1 amide bonds. The molecule has 0 spiro atoms. The Bertz CT molecular complexity index is 328. The molecule has 2 atom stereocenters. The third-order valence-corrected chi connectivity index (χ3v) is 3.58. The molecule has 0 aromatic rings. The van der Waals surface area contributed by atoms with Crippen LogP contribution < -0.4 is 5.32 Å². The second kappa shape index (κ2) is 5.69. The minimum atomic E-state index is -0.928. The molecule has 1 saturated heterocycles. The molecule has 5 heteroatoms. The lowest BCUT2D eigenvalue weighted by Gasteiger charge is -2.36. The van der Waals surface area contributed by atoms with E-state index in [-0.39, 0.29) is 23.8 Å². The lowest BCUT2D eigenvalue weighted by Crippen LogP contribution is -2.49. The van der Waals surface area contributed by atoms with Gasteiger partial charge in [-0.1, -0.05) is 20.8 Å². The molecule has 0 saturated carbocycles. The summed E-state index contributed by atoms with van der Waals surface area (Å²) in [5.74, 6) is -1.09. The van der Waals surface area contributed by atoms with Crippen LogP contribution in [0.2, 0.25) is 0 Å². The monoisotopic (exact) mass is 256 g/mol. The van der Waals surface area contributed by atoms with E-state index >= 15 is 0 Å². The summed E-state index contributed by atoms with van der Waals surface area (Å²) in [6.45, 7) is 9.60. The van der Waals surface area contributed by atoms with Crippen LogP contribution in [0, 0.1) is 5.41 Å². The van der Waals surface area contributed by atoms with Crippen LogP contribution in [0.25, 0.3) is 0 Å². The molecule has 0 bridgehead atoms. The summed E-state index contributed by atoms with van der Waals surface area (Å²) in [6.07, 6.45) is 0.770. The van der Waals surface area contributed by atoms with Crippen molar-refractivity contribution in [3.63, 3.8) is 0 Å². The minimum Gasteiger partial charge on any atom is -0.481 e. The summed E-state index contributed by atoms with van der Waals surface area (Å²) in [4.78, 5) is 25.0. The number of carboxylic acids is 1. The first-order valence-electron chi connectivity index (χ1n) is 6.52. The van der Waals surface area contributed by atoms with E-state index in [9.17, 15) is 9.59 Å². The van der Waals surface area contributed by atoms with Gasteiger partial charge >= 0.3 is 5.97 Å². The van der Waals surface area contributed by atoms with Gasteiger partial charge < -0.3 is 10.4 Å². The molecule has 0 radical (unpaired) electrons. The number of carbonyl (C=O) groups excluding carboxylic acids is 1. The zero-order valence-electron chi connectivity index (χ0n) is 11.7. The molecular formula is C13H24N2O3. The third-order valence-electron chi connectivity index (χ3n) is 3.58. The fourth-order valence-electron chi connectivity index (χ4n) is 2.33. The number of hydrogen-bond acceptors (Lipinski definition) is 3. The fraction of sp³-hybridized carbons (Fsp3) is 0.846. The summed E-state index contributed by atoms with van der Waals surface area (Å²) >= 11 is 0. The number of aliphatic carboxylic acids is 1. The molecule has 1 aliphatic rings. The second-order valence-electron chi connectivity index (χ2n) is 5.93. The van der Waals surface area contributed by atoms with Crippen LogP contribution in [0.3, 0.4) is 0 Å². The normalized spacial score (nSPS) is 26.2. The van der Waals surface area contributed by atoms with Crippen LogP contribution in [0.15, 0.2) is 0 Å². The molecular weight excluding hydrogens is 232 g/mol. The van der Waals surface area contributed by atoms with E-state index in [0.29, 0.717) is 6.54 Å². The predicted octanol–water partition coefficient (Wildman–Crippen LogP) is 1.09. The first-order valence-corrected chi connectivity index (χ1v) is 6.52. The summed E-state index contributed by atoms with van der Waals surface area (Å²) in [5, 5.41) is 11.8. The molecule has 18 heavy (non-hydrogen) atoms. The van der Waals surface area contributed by atoms with Gasteiger partial charge in [-0.2, -0.15) is 0 Å². The van der Waals surface area contributed by atoms with Gasteiger partial charge in [0.1, 0.15) is 0 Å². The molecule has 2 N–H and O–H groups in total. The van der Waals surface area contributed by atoms with Gasteiger partial charge in [-0.25, -0.2) is 0 Å². The summed E-state index contributed by atoms with van der Waals surface area (Å²) < 4.78 is 0. The largest absolute Gasteiger partial charge is 0.481 e. The number of rotatable bonds is 4. The number of hydrogen-bond donors (Lipinski definition) is 2. The molecule has 1 heterocycles. The maximum absolute atomic E-state index is 12.1. The number of nitrogens with one attached hydrogen (secondary N) is 1. The Kier molecular flexibility index (Phi) is 4.73. The Labute approximate surface area is 109 Å². The molecule has 5 nitrogen and oxygen atoms in total. The zero-order chi connectivity index (χ0) is 13.9. The molecule has 1 fully saturated rings. The predicted molar refractivity (Wildman–Crippen MR) is 69.3 cm³/mol. The Hall–Kier alpha value is -1.10. The van der Waals surface area contributed by atoms with E-state index in [4.69, 9.17) is 5.11 Å². The first kappa shape index (κ1) is 15.0. The van der Waals surface area contributed by atoms with Crippen molar-refractivity contribution in [2.75, 3.05) is 13.1 Å². The molecule has 0 aromatic carbocycles. The van der Waals surface area contributed by atoms with Crippen molar-refractivity contribution < 1.29 is 14.7 Å². The van der Waals surface area contributed by atoms with Crippen molar-refractivity contribution in [3.05, 3.63) is 0 Å². The Morgan fingerprint density at radius 3 is 2.72 bits per heavy atom. The smallest absolute Gasteiger partial charge is 0.305 e. The Morgan fingerprint density at radius 1 is 1.61 bits per heavy atom. The first-order chi connectivity index (χ1) is 8.26. The summed E-state index contributed by atoms with van der Waals surface area (Å²) in [6, 6.07) is -0.350. The number of carboxylic acid groups (broad SMARTS) is 1. The van der Waals surface area contributed by atoms with Crippen LogP contribution in [-0.4, -0.2) is 47.1 Å². The molecule has 1 aliphatic heterocycles. The van der Waals surface area contributed by atoms with Gasteiger partial charge in [-0.15, -0.1) is 0 Å². The number of nitrogens with zero attached hydrogens (tertiary/aromatic N) is 1. The average molecular weight is 256 g/mol. The van der Waals surface area contributed by atoms with Crippen molar-refractivity contribution in [1.29, 1.82) is 0 Å². The maximum Gasteiger partial charge on any atom is 0.305 e. The SMILES string of the molecule is CCC(C)N1CC(C)(C)CNC(=O)C1CC(=O)O. The van der Waals surface area contributed by atoms with Crippen molar-refractivity contribution in [3.8, 4) is 0 Å². The number of amides is 1. The fourth-order valence-corrected chi connectivity index (χ4v) is 2.33. The lowest BCUT2D eigenvalue weighted by molar-refractivity contribution is -0.142. The van der Waals surface area contributed by atoms with Gasteiger partial charge in [0.25, 0.3) is 0 Å². The Morgan fingerprint density at radius 2 is 2.22 bits per heavy atom. The van der Waals surface area contributed by atoms with Crippen LogP contribution in [0.4, 0.5) is 0 Å². The number of carbonyl (C=O) groups is 2. The second-order valence-corrected chi connectivity index (χ2v) is 5.93. The Balaban J connectivity index is 2.98. The summed E-state index contributed by atoms with van der Waals surface area (Å²) in [5.41, 5.74) is -0.0354. The maximum atomic E-state index is 12.1. The average Bonchev–Trinajstić information content (AvgIpc) is 2.38. The van der Waals surface area contributed by atoms with E-state index in [0.717, 1.165) is 13.0 Å². The molecule has 0 aromatic heterocycles. The van der Waals surface area contributed by atoms with Crippen molar-refractivity contribution in [2.45, 2.75) is 52.6 Å². The van der Waals surface area contributed by atoms with Crippen LogP contribution >= 0.6 is 0 Å². The highest BCUT2D eigenvalue weighted by Gasteiger charge is 2.38. The molecule has 104 valence electrons. The highest BCUT2D eigenvalue weighted by molar-refractivity contribution is 5.86. The highest BCUT2D eigenvalue weighted by atomic mass is 16.4. The van der Waals surface area contributed by atoms with Crippen molar-refractivity contribution >= 4 is 11.9 Å². The van der Waals surface area contributed by atoms with E-state index in [1.807, 2.05) is 11.8 Å². The van der Waals surface area contributed by atoms with Crippen LogP contribution in [-0.2, 0) is 9.59 Å². The van der Waals surface area contributed by atoms with Crippen LogP contribution in [0.5, 0.6) is 0 Å². The van der Waals surface area contributed by atoms with Gasteiger partial charge in [0.2, 0.25) is 5.91 Å². The summed E-state index contributed by atoms with van der Waals surface area (Å²) in [7, 11) is 0. The lowest BCUT2D eigenvalue weighted by atomic mass is 9.92. The van der Waals surface area contributed by atoms with Crippen molar-refractivity contribution in [1.82, 2.24) is 10.2 Å². The van der Waals surface area contributed by atoms with E-state index in [1.165, 1.54) is 0 Å². The van der Waals surface area contributed by atoms with E-state index in [1.54, 1.807) is 0 Å². The topological polar surface area (TPSA) is 69.6 Å². The third kappa shape index (κ3) is 3.70. The molecule has 0 aliphatic carbocycles. The zero-order valence-corrected chi connectivity index (χ0v) is 11.7. The van der Waals surface area contributed by atoms with Gasteiger partial charge in [0.15, 0.2) is 0 Å².